The van der Waals surface area contributed by atoms with Gasteiger partial charge in [-0.3, -0.25) is 4.79 Å². The number of esters is 1. The summed E-state index contributed by atoms with van der Waals surface area (Å²) < 4.78 is 9.99. The summed E-state index contributed by atoms with van der Waals surface area (Å²) in [6, 6.07) is 10.1. The molecule has 1 N–H and O–H groups in total. The Morgan fingerprint density at radius 2 is 1.91 bits per heavy atom. The first-order valence-corrected chi connectivity index (χ1v) is 6.68. The topological polar surface area (TPSA) is 76.7 Å². The molecule has 22 heavy (non-hydrogen) atoms. The zero-order chi connectivity index (χ0) is 15.9. The van der Waals surface area contributed by atoms with Crippen molar-refractivity contribution in [1.82, 2.24) is 0 Å². The van der Waals surface area contributed by atoms with E-state index in [1.165, 1.54) is 6.07 Å². The fraction of sp³-hybridized carbons (Fsp3) is 0.176. The fourth-order valence-corrected chi connectivity index (χ4v) is 1.76. The maximum absolute atomic E-state index is 11.1. The highest BCUT2D eigenvalue weighted by molar-refractivity contribution is 5.85. The Morgan fingerprint density at radius 3 is 2.50 bits per heavy atom. The zero-order valence-electron chi connectivity index (χ0n) is 12.0. The van der Waals surface area contributed by atoms with E-state index in [0.29, 0.717) is 12.4 Å². The number of hydrogen-bond donors (Lipinski definition) is 1. The first-order chi connectivity index (χ1) is 10.6. The second-order valence-electron chi connectivity index (χ2n) is 4.33. The van der Waals surface area contributed by atoms with Gasteiger partial charge in [-0.05, 0) is 31.2 Å². The van der Waals surface area contributed by atoms with Crippen molar-refractivity contribution in [1.29, 1.82) is 0 Å². The van der Waals surface area contributed by atoms with Crippen LogP contribution in [0.5, 0.6) is 0 Å². The maximum atomic E-state index is 11.1. The van der Waals surface area contributed by atoms with Gasteiger partial charge >= 0.3 is 11.9 Å². The van der Waals surface area contributed by atoms with Crippen LogP contribution in [0.3, 0.4) is 0 Å². The standard InChI is InChI=1S/C17H14O5/c1-2-21-16(18)5-3-4-12-6-8-13(9-7-12)14-10-11-15(22-14)17(19)20/h6-11H,2,5H2,1H3,(H,19,20). The van der Waals surface area contributed by atoms with Crippen LogP contribution in [0.4, 0.5) is 0 Å². The molecule has 5 heteroatoms. The van der Waals surface area contributed by atoms with Crippen LogP contribution in [-0.2, 0) is 9.53 Å². The number of aromatic carboxylic acids is 1. The van der Waals surface area contributed by atoms with E-state index < -0.39 is 5.97 Å². The summed E-state index contributed by atoms with van der Waals surface area (Å²) in [7, 11) is 0. The molecule has 0 atom stereocenters. The second-order valence-corrected chi connectivity index (χ2v) is 4.33. The molecule has 1 aromatic heterocycles. The summed E-state index contributed by atoms with van der Waals surface area (Å²) in [5, 5.41) is 8.82. The normalized spacial score (nSPS) is 9.68. The number of ether oxygens (including phenoxy) is 1. The first-order valence-electron chi connectivity index (χ1n) is 6.68. The molecule has 2 aromatic rings. The Kier molecular flexibility index (Phi) is 4.99. The van der Waals surface area contributed by atoms with Crippen molar-refractivity contribution in [3.8, 4) is 23.2 Å². The summed E-state index contributed by atoms with van der Waals surface area (Å²) in [5.41, 5.74) is 1.50. The predicted molar refractivity (Wildman–Crippen MR) is 79.2 cm³/mol. The molecule has 1 aromatic carbocycles. The van der Waals surface area contributed by atoms with Gasteiger partial charge in [-0.15, -0.1) is 0 Å². The molecule has 0 fully saturated rings. The average Bonchev–Trinajstić information content (AvgIpc) is 2.98. The molecule has 0 unspecified atom stereocenters. The highest BCUT2D eigenvalue weighted by Gasteiger charge is 2.09. The predicted octanol–water partition coefficient (Wildman–Crippen LogP) is 2.95. The van der Waals surface area contributed by atoms with Crippen molar-refractivity contribution in [3.63, 3.8) is 0 Å². The van der Waals surface area contributed by atoms with Crippen LogP contribution in [0.15, 0.2) is 40.8 Å². The van der Waals surface area contributed by atoms with Crippen LogP contribution >= 0.6 is 0 Å². The van der Waals surface area contributed by atoms with Crippen LogP contribution in [0.25, 0.3) is 11.3 Å². The van der Waals surface area contributed by atoms with Gasteiger partial charge in [-0.1, -0.05) is 24.0 Å². The lowest BCUT2D eigenvalue weighted by atomic mass is 10.1. The van der Waals surface area contributed by atoms with Crippen LogP contribution in [0.2, 0.25) is 0 Å². The van der Waals surface area contributed by atoms with Gasteiger partial charge in [0, 0.05) is 11.1 Å². The van der Waals surface area contributed by atoms with Crippen LogP contribution < -0.4 is 0 Å². The molecule has 2 rings (SSSR count). The van der Waals surface area contributed by atoms with Gasteiger partial charge in [0.2, 0.25) is 5.76 Å². The molecular weight excluding hydrogens is 284 g/mol. The van der Waals surface area contributed by atoms with Crippen molar-refractivity contribution in [2.24, 2.45) is 0 Å². The molecule has 0 saturated carbocycles. The average molecular weight is 298 g/mol. The van der Waals surface area contributed by atoms with E-state index in [1.807, 2.05) is 0 Å². The third kappa shape index (κ3) is 4.00. The maximum Gasteiger partial charge on any atom is 0.371 e. The van der Waals surface area contributed by atoms with Crippen LogP contribution in [-0.4, -0.2) is 23.7 Å². The summed E-state index contributed by atoms with van der Waals surface area (Å²) in [5.74, 6) is 4.52. The molecule has 0 aliphatic heterocycles. The van der Waals surface area contributed by atoms with E-state index in [0.717, 1.165) is 11.1 Å². The minimum atomic E-state index is -1.10. The molecular formula is C17H14O5. The van der Waals surface area contributed by atoms with E-state index in [4.69, 9.17) is 14.3 Å². The van der Waals surface area contributed by atoms with Crippen molar-refractivity contribution < 1.29 is 23.8 Å². The van der Waals surface area contributed by atoms with E-state index in [1.54, 1.807) is 37.3 Å². The molecule has 0 aliphatic carbocycles. The van der Waals surface area contributed by atoms with Gasteiger partial charge in [-0.25, -0.2) is 4.79 Å². The summed E-state index contributed by atoms with van der Waals surface area (Å²) in [4.78, 5) is 21.9. The lowest BCUT2D eigenvalue weighted by Gasteiger charge is -1.97. The van der Waals surface area contributed by atoms with Crippen molar-refractivity contribution in [2.45, 2.75) is 13.3 Å². The molecule has 5 nitrogen and oxygen atoms in total. The lowest BCUT2D eigenvalue weighted by molar-refractivity contribution is -0.141. The molecule has 0 aliphatic rings. The minimum absolute atomic E-state index is 0.0513. The Bertz CT molecular complexity index is 728. The Hall–Kier alpha value is -3.00. The Morgan fingerprint density at radius 1 is 1.18 bits per heavy atom. The Balaban J connectivity index is 2.05. The molecule has 0 saturated heterocycles. The van der Waals surface area contributed by atoms with E-state index in [2.05, 4.69) is 11.8 Å². The van der Waals surface area contributed by atoms with Crippen LogP contribution in [0.1, 0.15) is 29.5 Å². The summed E-state index contributed by atoms with van der Waals surface area (Å²) in [6.45, 7) is 2.09. The summed E-state index contributed by atoms with van der Waals surface area (Å²) >= 11 is 0. The molecule has 0 spiro atoms. The van der Waals surface area contributed by atoms with Crippen molar-refractivity contribution in [3.05, 3.63) is 47.7 Å². The molecule has 0 bridgehead atoms. The number of carbonyl (C=O) groups is 2. The Labute approximate surface area is 127 Å². The number of hydrogen-bond acceptors (Lipinski definition) is 4. The van der Waals surface area contributed by atoms with Gasteiger partial charge in [0.05, 0.1) is 6.61 Å². The number of carbonyl (C=O) groups excluding carboxylic acids is 1. The van der Waals surface area contributed by atoms with Crippen molar-refractivity contribution >= 4 is 11.9 Å². The molecule has 1 heterocycles. The van der Waals surface area contributed by atoms with E-state index >= 15 is 0 Å². The number of carboxylic acids is 1. The minimum Gasteiger partial charge on any atom is -0.475 e. The third-order valence-electron chi connectivity index (χ3n) is 2.76. The zero-order valence-corrected chi connectivity index (χ0v) is 12.0. The first kappa shape index (κ1) is 15.4. The van der Waals surface area contributed by atoms with Gasteiger partial charge in [-0.2, -0.15) is 0 Å². The second kappa shape index (κ2) is 7.14. The van der Waals surface area contributed by atoms with Crippen LogP contribution in [0, 0.1) is 11.8 Å². The van der Waals surface area contributed by atoms with Gasteiger partial charge in [0.25, 0.3) is 0 Å². The monoisotopic (exact) mass is 298 g/mol. The van der Waals surface area contributed by atoms with E-state index in [9.17, 15) is 9.59 Å². The molecule has 0 radical (unpaired) electrons. The quantitative estimate of drug-likeness (QED) is 0.693. The SMILES string of the molecule is CCOC(=O)CC#Cc1ccc(-c2ccc(C(=O)O)o2)cc1. The third-order valence-corrected chi connectivity index (χ3v) is 2.76. The van der Waals surface area contributed by atoms with Crippen molar-refractivity contribution in [2.75, 3.05) is 6.61 Å². The highest BCUT2D eigenvalue weighted by Crippen LogP contribution is 2.22. The lowest BCUT2D eigenvalue weighted by Crippen LogP contribution is -2.01. The largest absolute Gasteiger partial charge is 0.475 e. The number of carboxylic acid groups (broad SMARTS) is 1. The number of benzene rings is 1. The molecule has 0 amide bonds. The summed E-state index contributed by atoms with van der Waals surface area (Å²) in [6.07, 6.45) is 0.0513. The smallest absolute Gasteiger partial charge is 0.371 e. The number of rotatable bonds is 4. The van der Waals surface area contributed by atoms with Gasteiger partial charge < -0.3 is 14.3 Å². The van der Waals surface area contributed by atoms with Gasteiger partial charge in [0.1, 0.15) is 12.2 Å². The van der Waals surface area contributed by atoms with E-state index in [-0.39, 0.29) is 18.2 Å². The number of furan rings is 1. The fourth-order valence-electron chi connectivity index (χ4n) is 1.76. The van der Waals surface area contributed by atoms with Gasteiger partial charge in [0.15, 0.2) is 0 Å². The highest BCUT2D eigenvalue weighted by atomic mass is 16.5. The molecule has 112 valence electrons.